The van der Waals surface area contributed by atoms with Gasteiger partial charge in [0.25, 0.3) is 0 Å². The number of anilines is 1. The zero-order valence-electron chi connectivity index (χ0n) is 11.2. The fourth-order valence-electron chi connectivity index (χ4n) is 1.80. The quantitative estimate of drug-likeness (QED) is 0.872. The Kier molecular flexibility index (Phi) is 5.29. The summed E-state index contributed by atoms with van der Waals surface area (Å²) in [5.41, 5.74) is 8.08. The van der Waals surface area contributed by atoms with E-state index in [4.69, 9.17) is 17.3 Å². The molecule has 0 saturated carbocycles. The SMILES string of the molecule is CCC(C)N(C)c1ccc(CC(C)N)c(Cl)c1. The maximum atomic E-state index is 6.28. The minimum atomic E-state index is 0.144. The van der Waals surface area contributed by atoms with Gasteiger partial charge in [-0.1, -0.05) is 24.6 Å². The molecule has 1 rings (SSSR count). The minimum Gasteiger partial charge on any atom is -0.372 e. The van der Waals surface area contributed by atoms with Crippen LogP contribution in [-0.2, 0) is 6.42 Å². The van der Waals surface area contributed by atoms with E-state index in [-0.39, 0.29) is 6.04 Å². The van der Waals surface area contributed by atoms with Crippen molar-refractivity contribution >= 4 is 17.3 Å². The van der Waals surface area contributed by atoms with E-state index in [2.05, 4.69) is 37.9 Å². The second kappa shape index (κ2) is 6.27. The van der Waals surface area contributed by atoms with Gasteiger partial charge in [-0.2, -0.15) is 0 Å². The van der Waals surface area contributed by atoms with Crippen LogP contribution in [0.5, 0.6) is 0 Å². The van der Waals surface area contributed by atoms with Crippen molar-refractivity contribution in [3.05, 3.63) is 28.8 Å². The van der Waals surface area contributed by atoms with Crippen LogP contribution in [0.4, 0.5) is 5.69 Å². The summed E-state index contributed by atoms with van der Waals surface area (Å²) in [5, 5.41) is 0.815. The number of hydrogen-bond donors (Lipinski definition) is 1. The normalized spacial score (nSPS) is 14.5. The molecule has 0 aliphatic rings. The first kappa shape index (κ1) is 14.3. The van der Waals surface area contributed by atoms with Crippen LogP contribution in [0.1, 0.15) is 32.8 Å². The standard InChI is InChI=1S/C14H23ClN2/c1-5-11(3)17(4)13-7-6-12(8-10(2)16)14(15)9-13/h6-7,9-11H,5,8,16H2,1-4H3. The lowest BCUT2D eigenvalue weighted by molar-refractivity contribution is 0.663. The second-order valence-corrected chi connectivity index (χ2v) is 5.23. The van der Waals surface area contributed by atoms with Crippen molar-refractivity contribution in [2.75, 3.05) is 11.9 Å². The van der Waals surface area contributed by atoms with Gasteiger partial charge in [-0.15, -0.1) is 0 Å². The summed E-state index contributed by atoms with van der Waals surface area (Å²) >= 11 is 6.28. The fourth-order valence-corrected chi connectivity index (χ4v) is 2.05. The van der Waals surface area contributed by atoms with E-state index < -0.39 is 0 Å². The van der Waals surface area contributed by atoms with Crippen molar-refractivity contribution in [2.24, 2.45) is 5.73 Å². The molecular weight excluding hydrogens is 232 g/mol. The Labute approximate surface area is 110 Å². The molecule has 96 valence electrons. The highest BCUT2D eigenvalue weighted by molar-refractivity contribution is 6.31. The molecule has 1 aromatic rings. The van der Waals surface area contributed by atoms with Crippen LogP contribution >= 0.6 is 11.6 Å². The Morgan fingerprint density at radius 3 is 2.47 bits per heavy atom. The van der Waals surface area contributed by atoms with Crippen LogP contribution in [0.25, 0.3) is 0 Å². The van der Waals surface area contributed by atoms with Crippen molar-refractivity contribution in [3.8, 4) is 0 Å². The van der Waals surface area contributed by atoms with Crippen LogP contribution in [0.15, 0.2) is 18.2 Å². The maximum Gasteiger partial charge on any atom is 0.0459 e. The number of nitrogens with two attached hydrogens (primary N) is 1. The van der Waals surface area contributed by atoms with E-state index in [0.29, 0.717) is 6.04 Å². The summed E-state index contributed by atoms with van der Waals surface area (Å²) in [7, 11) is 2.10. The van der Waals surface area contributed by atoms with Crippen LogP contribution in [0.3, 0.4) is 0 Å². The zero-order chi connectivity index (χ0) is 13.0. The Bertz CT molecular complexity index is 363. The Morgan fingerprint density at radius 1 is 1.35 bits per heavy atom. The summed E-state index contributed by atoms with van der Waals surface area (Å²) in [6, 6.07) is 6.90. The van der Waals surface area contributed by atoms with Gasteiger partial charge in [-0.25, -0.2) is 0 Å². The number of nitrogens with zero attached hydrogens (tertiary/aromatic N) is 1. The zero-order valence-corrected chi connectivity index (χ0v) is 12.0. The van der Waals surface area contributed by atoms with Crippen molar-refractivity contribution in [2.45, 2.75) is 45.7 Å². The van der Waals surface area contributed by atoms with E-state index in [1.54, 1.807) is 0 Å². The summed E-state index contributed by atoms with van der Waals surface area (Å²) in [6.07, 6.45) is 1.95. The molecule has 0 bridgehead atoms. The molecule has 1 aromatic carbocycles. The molecule has 2 unspecified atom stereocenters. The number of benzene rings is 1. The van der Waals surface area contributed by atoms with Gasteiger partial charge in [0.2, 0.25) is 0 Å². The van der Waals surface area contributed by atoms with E-state index in [9.17, 15) is 0 Å². The third-order valence-electron chi connectivity index (χ3n) is 3.24. The molecule has 0 saturated heterocycles. The largest absolute Gasteiger partial charge is 0.372 e. The molecule has 0 aromatic heterocycles. The van der Waals surface area contributed by atoms with Crippen molar-refractivity contribution in [3.63, 3.8) is 0 Å². The predicted octanol–water partition coefficient (Wildman–Crippen LogP) is 3.46. The lowest BCUT2D eigenvalue weighted by atomic mass is 10.1. The van der Waals surface area contributed by atoms with Crippen molar-refractivity contribution in [1.29, 1.82) is 0 Å². The second-order valence-electron chi connectivity index (χ2n) is 4.83. The highest BCUT2D eigenvalue weighted by Crippen LogP contribution is 2.25. The highest BCUT2D eigenvalue weighted by atomic mass is 35.5. The highest BCUT2D eigenvalue weighted by Gasteiger charge is 2.10. The van der Waals surface area contributed by atoms with E-state index >= 15 is 0 Å². The van der Waals surface area contributed by atoms with Gasteiger partial charge in [0.15, 0.2) is 0 Å². The molecule has 0 aliphatic carbocycles. The third kappa shape index (κ3) is 3.90. The van der Waals surface area contributed by atoms with Crippen molar-refractivity contribution in [1.82, 2.24) is 0 Å². The minimum absolute atomic E-state index is 0.144. The van der Waals surface area contributed by atoms with E-state index in [1.165, 1.54) is 0 Å². The van der Waals surface area contributed by atoms with Crippen LogP contribution in [0.2, 0.25) is 5.02 Å². The summed E-state index contributed by atoms with van der Waals surface area (Å²) in [5.74, 6) is 0. The fraction of sp³-hybridized carbons (Fsp3) is 0.571. The van der Waals surface area contributed by atoms with Crippen LogP contribution < -0.4 is 10.6 Å². The molecule has 3 heteroatoms. The number of halogens is 1. The molecule has 2 atom stereocenters. The first-order valence-corrected chi connectivity index (χ1v) is 6.60. The molecule has 2 N–H and O–H groups in total. The Balaban J connectivity index is 2.88. The molecule has 0 spiro atoms. The molecule has 0 fully saturated rings. The molecule has 17 heavy (non-hydrogen) atoms. The van der Waals surface area contributed by atoms with Gasteiger partial charge in [-0.3, -0.25) is 0 Å². The van der Waals surface area contributed by atoms with Crippen LogP contribution in [0, 0.1) is 0 Å². The first-order valence-electron chi connectivity index (χ1n) is 6.22. The maximum absolute atomic E-state index is 6.28. The van der Waals surface area contributed by atoms with Crippen LogP contribution in [-0.4, -0.2) is 19.1 Å². The van der Waals surface area contributed by atoms with Crippen molar-refractivity contribution < 1.29 is 0 Å². The lowest BCUT2D eigenvalue weighted by Crippen LogP contribution is -2.28. The lowest BCUT2D eigenvalue weighted by Gasteiger charge is -2.26. The molecule has 0 amide bonds. The molecular formula is C14H23ClN2. The van der Waals surface area contributed by atoms with Gasteiger partial charge in [-0.05, 0) is 44.4 Å². The monoisotopic (exact) mass is 254 g/mol. The molecule has 0 radical (unpaired) electrons. The average molecular weight is 255 g/mol. The van der Waals surface area contributed by atoms with Gasteiger partial charge in [0.1, 0.15) is 0 Å². The Morgan fingerprint density at radius 2 is 2.00 bits per heavy atom. The van der Waals surface area contributed by atoms with Gasteiger partial charge < -0.3 is 10.6 Å². The number of rotatable bonds is 5. The Hall–Kier alpha value is -0.730. The van der Waals surface area contributed by atoms with Gasteiger partial charge in [0.05, 0.1) is 0 Å². The van der Waals surface area contributed by atoms with E-state index in [0.717, 1.165) is 29.1 Å². The number of hydrogen-bond acceptors (Lipinski definition) is 2. The smallest absolute Gasteiger partial charge is 0.0459 e. The van der Waals surface area contributed by atoms with Gasteiger partial charge in [0, 0.05) is 29.8 Å². The predicted molar refractivity (Wildman–Crippen MR) is 77.0 cm³/mol. The molecule has 2 nitrogen and oxygen atoms in total. The summed E-state index contributed by atoms with van der Waals surface area (Å²) in [4.78, 5) is 2.25. The summed E-state index contributed by atoms with van der Waals surface area (Å²) < 4.78 is 0. The van der Waals surface area contributed by atoms with E-state index in [1.807, 2.05) is 13.0 Å². The van der Waals surface area contributed by atoms with Gasteiger partial charge >= 0.3 is 0 Å². The first-order chi connectivity index (χ1) is 7.95. The average Bonchev–Trinajstić information content (AvgIpc) is 2.29. The topological polar surface area (TPSA) is 29.3 Å². The summed E-state index contributed by atoms with van der Waals surface area (Å²) in [6.45, 7) is 6.40. The molecule has 0 aliphatic heterocycles. The third-order valence-corrected chi connectivity index (χ3v) is 3.59. The molecule has 0 heterocycles.